The lowest BCUT2D eigenvalue weighted by Gasteiger charge is -2.30. The van der Waals surface area contributed by atoms with Gasteiger partial charge in [0, 0.05) is 0 Å². The lowest BCUT2D eigenvalue weighted by Crippen LogP contribution is -2.34. The number of rotatable bonds is 6. The minimum atomic E-state index is -3.01. The van der Waals surface area contributed by atoms with Crippen molar-refractivity contribution < 1.29 is 8.42 Å². The molecule has 2 aromatic rings. The van der Waals surface area contributed by atoms with Gasteiger partial charge in [-0.3, -0.25) is 0 Å². The van der Waals surface area contributed by atoms with Crippen molar-refractivity contribution in [2.75, 3.05) is 5.75 Å². The van der Waals surface area contributed by atoms with E-state index in [1.807, 2.05) is 12.1 Å². The molecule has 1 fully saturated rings. The molecule has 148 valence electrons. The van der Waals surface area contributed by atoms with Crippen LogP contribution >= 0.6 is 0 Å². The van der Waals surface area contributed by atoms with E-state index < -0.39 is 14.6 Å². The zero-order chi connectivity index (χ0) is 19.5. The first-order valence-electron chi connectivity index (χ1n) is 9.79. The third-order valence-electron chi connectivity index (χ3n) is 5.71. The maximum absolute atomic E-state index is 12.4. The van der Waals surface area contributed by atoms with E-state index in [1.165, 1.54) is 23.1 Å². The highest BCUT2D eigenvalue weighted by molar-refractivity contribution is 7.92. The molecule has 0 bridgehead atoms. The molecule has 1 saturated carbocycles. The number of sulfone groups is 1. The number of hydrogen-bond acceptors (Lipinski definition) is 5. The van der Waals surface area contributed by atoms with Gasteiger partial charge in [0.2, 0.25) is 0 Å². The van der Waals surface area contributed by atoms with Crippen molar-refractivity contribution in [2.45, 2.75) is 64.0 Å². The Labute approximate surface area is 162 Å². The van der Waals surface area contributed by atoms with Crippen molar-refractivity contribution in [1.82, 2.24) is 20.2 Å². The number of benzene rings is 1. The predicted molar refractivity (Wildman–Crippen MR) is 106 cm³/mol. The zero-order valence-corrected chi connectivity index (χ0v) is 17.3. The van der Waals surface area contributed by atoms with Crippen LogP contribution in [0.1, 0.15) is 58.4 Å². The van der Waals surface area contributed by atoms with Crippen LogP contribution in [0.5, 0.6) is 0 Å². The molecular formula is C20H30N4O2S. The highest BCUT2D eigenvalue weighted by atomic mass is 32.2. The van der Waals surface area contributed by atoms with Crippen LogP contribution in [0.3, 0.4) is 0 Å². The van der Waals surface area contributed by atoms with Gasteiger partial charge in [-0.05, 0) is 81.2 Å². The summed E-state index contributed by atoms with van der Waals surface area (Å²) in [6.07, 6.45) is 8.02. The normalized spacial score (nSPS) is 21.3. The standard InChI is InChI=1S/C20H30N4O2S/c1-20(2,3)27(25,26)14-18-8-6-16(7-9-18)4-5-17-10-12-19(13-11-17)24-22-15-21-23-24/h10-13,15-16,18H,4-9,14H2,1-3H3. The summed E-state index contributed by atoms with van der Waals surface area (Å²) in [5, 5.41) is 11.7. The number of aromatic nitrogens is 4. The lowest BCUT2D eigenvalue weighted by atomic mass is 9.80. The number of tetrazole rings is 1. The SMILES string of the molecule is CC(C)(C)S(=O)(=O)CC1CCC(CCc2ccc(-n3ncnn3)cc2)CC1. The van der Waals surface area contributed by atoms with Gasteiger partial charge in [-0.2, -0.15) is 0 Å². The van der Waals surface area contributed by atoms with Crippen LogP contribution < -0.4 is 0 Å². The molecule has 3 rings (SSSR count). The highest BCUT2D eigenvalue weighted by Crippen LogP contribution is 2.34. The van der Waals surface area contributed by atoms with Gasteiger partial charge >= 0.3 is 0 Å². The molecule has 1 aromatic carbocycles. The molecule has 0 atom stereocenters. The van der Waals surface area contributed by atoms with Gasteiger partial charge in [0.05, 0.1) is 16.2 Å². The van der Waals surface area contributed by atoms with Crippen LogP contribution in [-0.4, -0.2) is 39.1 Å². The Morgan fingerprint density at radius 3 is 2.22 bits per heavy atom. The third kappa shape index (κ3) is 5.15. The first-order valence-corrected chi connectivity index (χ1v) is 11.4. The zero-order valence-electron chi connectivity index (χ0n) is 16.5. The Bertz CT molecular complexity index is 816. The van der Waals surface area contributed by atoms with Crippen molar-refractivity contribution in [3.05, 3.63) is 36.2 Å². The molecule has 7 heteroatoms. The molecule has 0 radical (unpaired) electrons. The van der Waals surface area contributed by atoms with E-state index in [1.54, 1.807) is 20.8 Å². The average Bonchev–Trinajstić information content (AvgIpc) is 3.15. The highest BCUT2D eigenvalue weighted by Gasteiger charge is 2.33. The summed E-state index contributed by atoms with van der Waals surface area (Å²) >= 11 is 0. The first kappa shape index (κ1) is 20.0. The van der Waals surface area contributed by atoms with Gasteiger partial charge in [-0.15, -0.1) is 15.0 Å². The topological polar surface area (TPSA) is 77.7 Å². The van der Waals surface area contributed by atoms with Crippen LogP contribution in [0.2, 0.25) is 0 Å². The molecule has 0 unspecified atom stereocenters. The molecule has 6 nitrogen and oxygen atoms in total. The first-order chi connectivity index (χ1) is 12.7. The number of hydrogen-bond donors (Lipinski definition) is 0. The van der Waals surface area contributed by atoms with E-state index in [0.717, 1.165) is 37.8 Å². The summed E-state index contributed by atoms with van der Waals surface area (Å²) in [6, 6.07) is 8.29. The van der Waals surface area contributed by atoms with Gasteiger partial charge < -0.3 is 0 Å². The smallest absolute Gasteiger partial charge is 0.162 e. The van der Waals surface area contributed by atoms with E-state index in [0.29, 0.717) is 17.6 Å². The fourth-order valence-electron chi connectivity index (χ4n) is 3.70. The van der Waals surface area contributed by atoms with Crippen molar-refractivity contribution in [3.63, 3.8) is 0 Å². The van der Waals surface area contributed by atoms with Crippen LogP contribution in [0.4, 0.5) is 0 Å². The molecule has 0 saturated heterocycles. The van der Waals surface area contributed by atoms with E-state index >= 15 is 0 Å². The second-order valence-electron chi connectivity index (χ2n) is 8.71. The molecular weight excluding hydrogens is 360 g/mol. The van der Waals surface area contributed by atoms with Crippen molar-refractivity contribution in [2.24, 2.45) is 11.8 Å². The predicted octanol–water partition coefficient (Wildman–Crippen LogP) is 3.61. The summed E-state index contributed by atoms with van der Waals surface area (Å²) in [5.41, 5.74) is 2.23. The quantitative estimate of drug-likeness (QED) is 0.753. The van der Waals surface area contributed by atoms with Crippen LogP contribution in [0.15, 0.2) is 30.6 Å². The average molecular weight is 391 g/mol. The van der Waals surface area contributed by atoms with Crippen LogP contribution in [-0.2, 0) is 16.3 Å². The monoisotopic (exact) mass is 390 g/mol. The van der Waals surface area contributed by atoms with Gasteiger partial charge in [0.25, 0.3) is 0 Å². The Kier molecular flexibility index (Phi) is 5.99. The van der Waals surface area contributed by atoms with E-state index in [9.17, 15) is 8.42 Å². The second kappa shape index (κ2) is 8.09. The van der Waals surface area contributed by atoms with Crippen LogP contribution in [0.25, 0.3) is 5.69 Å². The summed E-state index contributed by atoms with van der Waals surface area (Å²) in [4.78, 5) is 1.51. The Balaban J connectivity index is 1.45. The number of aryl methyl sites for hydroxylation is 1. The molecule has 1 aliphatic rings. The summed E-state index contributed by atoms with van der Waals surface area (Å²) < 4.78 is 24.2. The van der Waals surface area contributed by atoms with E-state index in [4.69, 9.17) is 0 Å². The fraction of sp³-hybridized carbons (Fsp3) is 0.650. The maximum Gasteiger partial charge on any atom is 0.162 e. The molecule has 1 heterocycles. The molecule has 0 aliphatic heterocycles. The Morgan fingerprint density at radius 2 is 1.67 bits per heavy atom. The molecule has 0 N–H and O–H groups in total. The Morgan fingerprint density at radius 1 is 1.04 bits per heavy atom. The molecule has 0 spiro atoms. The minimum absolute atomic E-state index is 0.333. The molecule has 0 amide bonds. The molecule has 1 aromatic heterocycles. The number of nitrogens with zero attached hydrogens (tertiary/aromatic N) is 4. The molecule has 1 aliphatic carbocycles. The van der Waals surface area contributed by atoms with E-state index in [-0.39, 0.29) is 0 Å². The van der Waals surface area contributed by atoms with E-state index in [2.05, 4.69) is 27.5 Å². The second-order valence-corrected chi connectivity index (χ2v) is 11.5. The van der Waals surface area contributed by atoms with Crippen molar-refractivity contribution >= 4 is 9.84 Å². The largest absolute Gasteiger partial charge is 0.228 e. The minimum Gasteiger partial charge on any atom is -0.228 e. The van der Waals surface area contributed by atoms with Gasteiger partial charge in [0.1, 0.15) is 0 Å². The van der Waals surface area contributed by atoms with Gasteiger partial charge in [-0.25, -0.2) is 8.42 Å². The summed E-state index contributed by atoms with van der Waals surface area (Å²) in [7, 11) is -3.01. The van der Waals surface area contributed by atoms with Crippen molar-refractivity contribution in [1.29, 1.82) is 0 Å². The fourth-order valence-corrected chi connectivity index (χ4v) is 5.15. The van der Waals surface area contributed by atoms with Crippen molar-refractivity contribution in [3.8, 4) is 5.69 Å². The third-order valence-corrected chi connectivity index (χ3v) is 8.49. The van der Waals surface area contributed by atoms with Gasteiger partial charge in [0.15, 0.2) is 16.2 Å². The Hall–Kier alpha value is -1.76. The lowest BCUT2D eigenvalue weighted by molar-refractivity contribution is 0.278. The maximum atomic E-state index is 12.4. The summed E-state index contributed by atoms with van der Waals surface area (Å²) in [6.45, 7) is 5.41. The summed E-state index contributed by atoms with van der Waals surface area (Å²) in [5.74, 6) is 1.39. The van der Waals surface area contributed by atoms with Crippen LogP contribution in [0, 0.1) is 11.8 Å². The van der Waals surface area contributed by atoms with Gasteiger partial charge in [-0.1, -0.05) is 25.0 Å². The molecule has 27 heavy (non-hydrogen) atoms.